The second-order valence-electron chi connectivity index (χ2n) is 4.96. The van der Waals surface area contributed by atoms with Crippen molar-refractivity contribution < 1.29 is 4.79 Å². The molecule has 1 amide bonds. The van der Waals surface area contributed by atoms with Gasteiger partial charge in [-0.15, -0.1) is 11.3 Å². The number of aryl methyl sites for hydroxylation is 1. The number of nitrogens with two attached hydrogens (primary N) is 1. The van der Waals surface area contributed by atoms with E-state index in [9.17, 15) is 9.59 Å². The predicted octanol–water partition coefficient (Wildman–Crippen LogP) is 2.17. The zero-order chi connectivity index (χ0) is 15.7. The Kier molecular flexibility index (Phi) is 3.77. The maximum absolute atomic E-state index is 12.7. The molecular formula is C16H15N3O2S. The largest absolute Gasteiger partial charge is 0.363 e. The van der Waals surface area contributed by atoms with Crippen LogP contribution in [-0.2, 0) is 13.0 Å². The molecule has 0 atom stereocenters. The molecule has 2 N–H and O–H groups in total. The zero-order valence-corrected chi connectivity index (χ0v) is 12.9. The molecule has 3 aromatic rings. The fourth-order valence-corrected chi connectivity index (χ4v) is 3.30. The molecule has 0 bridgehead atoms. The molecule has 5 nitrogen and oxygen atoms in total. The van der Waals surface area contributed by atoms with Gasteiger partial charge < -0.3 is 5.73 Å². The SMILES string of the molecule is CCc1cc2c(=O)n(Cc3ccccc3)c(C(N)=O)nc2s1. The fourth-order valence-electron chi connectivity index (χ4n) is 2.34. The molecule has 0 aliphatic heterocycles. The summed E-state index contributed by atoms with van der Waals surface area (Å²) in [7, 11) is 0. The van der Waals surface area contributed by atoms with Gasteiger partial charge in [0, 0.05) is 4.88 Å². The maximum atomic E-state index is 12.7. The van der Waals surface area contributed by atoms with Gasteiger partial charge in [0.05, 0.1) is 11.9 Å². The zero-order valence-electron chi connectivity index (χ0n) is 12.1. The highest BCUT2D eigenvalue weighted by atomic mass is 32.1. The van der Waals surface area contributed by atoms with E-state index in [-0.39, 0.29) is 17.9 Å². The molecule has 0 radical (unpaired) electrons. The van der Waals surface area contributed by atoms with Crippen molar-refractivity contribution in [1.82, 2.24) is 9.55 Å². The van der Waals surface area contributed by atoms with Crippen molar-refractivity contribution in [2.75, 3.05) is 0 Å². The van der Waals surface area contributed by atoms with E-state index in [0.29, 0.717) is 10.2 Å². The Morgan fingerprint density at radius 3 is 2.68 bits per heavy atom. The lowest BCUT2D eigenvalue weighted by atomic mass is 10.2. The number of amides is 1. The first kappa shape index (κ1) is 14.5. The molecule has 0 fully saturated rings. The summed E-state index contributed by atoms with van der Waals surface area (Å²) in [5.41, 5.74) is 6.10. The van der Waals surface area contributed by atoms with Gasteiger partial charge in [0.15, 0.2) is 0 Å². The number of hydrogen-bond donors (Lipinski definition) is 1. The van der Waals surface area contributed by atoms with Gasteiger partial charge in [0.2, 0.25) is 5.82 Å². The third kappa shape index (κ3) is 2.53. The smallest absolute Gasteiger partial charge is 0.284 e. The van der Waals surface area contributed by atoms with Crippen molar-refractivity contribution >= 4 is 27.5 Å². The summed E-state index contributed by atoms with van der Waals surface area (Å²) in [4.78, 5) is 30.3. The number of hydrogen-bond acceptors (Lipinski definition) is 4. The van der Waals surface area contributed by atoms with Crippen molar-refractivity contribution in [2.24, 2.45) is 5.73 Å². The highest BCUT2D eigenvalue weighted by molar-refractivity contribution is 7.18. The number of primary amides is 1. The van der Waals surface area contributed by atoms with Crippen molar-refractivity contribution in [3.05, 3.63) is 63.0 Å². The molecule has 2 heterocycles. The van der Waals surface area contributed by atoms with Gasteiger partial charge in [0.1, 0.15) is 4.83 Å². The van der Waals surface area contributed by atoms with E-state index < -0.39 is 5.91 Å². The van der Waals surface area contributed by atoms with Crippen LogP contribution in [0, 0.1) is 0 Å². The second-order valence-corrected chi connectivity index (χ2v) is 6.08. The van der Waals surface area contributed by atoms with Gasteiger partial charge in [-0.2, -0.15) is 0 Å². The minimum atomic E-state index is -0.693. The Balaban J connectivity index is 2.22. The molecule has 0 unspecified atom stereocenters. The second kappa shape index (κ2) is 5.73. The van der Waals surface area contributed by atoms with Gasteiger partial charge in [-0.25, -0.2) is 4.98 Å². The Morgan fingerprint density at radius 2 is 2.05 bits per heavy atom. The molecule has 0 aliphatic carbocycles. The highest BCUT2D eigenvalue weighted by Crippen LogP contribution is 2.22. The van der Waals surface area contributed by atoms with Gasteiger partial charge in [-0.3, -0.25) is 14.2 Å². The van der Waals surface area contributed by atoms with Crippen LogP contribution in [0.1, 0.15) is 28.0 Å². The quantitative estimate of drug-likeness (QED) is 0.802. The summed E-state index contributed by atoms with van der Waals surface area (Å²) < 4.78 is 1.35. The van der Waals surface area contributed by atoms with Crippen LogP contribution in [0.3, 0.4) is 0 Å². The fraction of sp³-hybridized carbons (Fsp3) is 0.188. The van der Waals surface area contributed by atoms with Crippen LogP contribution in [0.4, 0.5) is 0 Å². The molecule has 0 saturated carbocycles. The van der Waals surface area contributed by atoms with Crippen molar-refractivity contribution in [3.8, 4) is 0 Å². The number of rotatable bonds is 4. The summed E-state index contributed by atoms with van der Waals surface area (Å²) in [5.74, 6) is -0.688. The van der Waals surface area contributed by atoms with Crippen molar-refractivity contribution in [2.45, 2.75) is 19.9 Å². The Labute approximate surface area is 131 Å². The van der Waals surface area contributed by atoms with Gasteiger partial charge >= 0.3 is 0 Å². The summed E-state index contributed by atoms with van der Waals surface area (Å²) in [6, 6.07) is 11.3. The summed E-state index contributed by atoms with van der Waals surface area (Å²) in [6.45, 7) is 2.29. The Morgan fingerprint density at radius 1 is 1.32 bits per heavy atom. The monoisotopic (exact) mass is 313 g/mol. The number of carbonyl (C=O) groups is 1. The first-order valence-corrected chi connectivity index (χ1v) is 7.78. The van der Waals surface area contributed by atoms with E-state index in [1.54, 1.807) is 0 Å². The predicted molar refractivity (Wildman–Crippen MR) is 87.3 cm³/mol. The average molecular weight is 313 g/mol. The highest BCUT2D eigenvalue weighted by Gasteiger charge is 2.17. The minimum Gasteiger partial charge on any atom is -0.363 e. The van der Waals surface area contributed by atoms with Crippen LogP contribution in [0.2, 0.25) is 0 Å². The van der Waals surface area contributed by atoms with E-state index in [1.165, 1.54) is 15.9 Å². The number of thiophene rings is 1. The normalized spacial score (nSPS) is 11.0. The summed E-state index contributed by atoms with van der Waals surface area (Å²) >= 11 is 1.43. The van der Waals surface area contributed by atoms with Gasteiger partial charge in [0.25, 0.3) is 11.5 Å². The molecule has 1 aromatic carbocycles. The van der Waals surface area contributed by atoms with E-state index in [0.717, 1.165) is 16.9 Å². The minimum absolute atomic E-state index is 0.00542. The molecule has 0 saturated heterocycles. The molecule has 0 spiro atoms. The molecule has 22 heavy (non-hydrogen) atoms. The number of carbonyl (C=O) groups excluding carboxylic acids is 1. The number of nitrogens with zero attached hydrogens (tertiary/aromatic N) is 2. The van der Waals surface area contributed by atoms with Gasteiger partial charge in [-0.1, -0.05) is 37.3 Å². The lowest BCUT2D eigenvalue weighted by Gasteiger charge is -2.10. The molecule has 0 aliphatic rings. The van der Waals surface area contributed by atoms with Crippen LogP contribution in [0.15, 0.2) is 41.2 Å². The number of fused-ring (bicyclic) bond motifs is 1. The first-order chi connectivity index (χ1) is 10.6. The van der Waals surface area contributed by atoms with E-state index in [4.69, 9.17) is 5.73 Å². The van der Waals surface area contributed by atoms with E-state index in [1.807, 2.05) is 43.3 Å². The number of benzene rings is 1. The molecular weight excluding hydrogens is 298 g/mol. The molecule has 2 aromatic heterocycles. The Hall–Kier alpha value is -2.47. The lowest BCUT2D eigenvalue weighted by Crippen LogP contribution is -2.30. The third-order valence-electron chi connectivity index (χ3n) is 3.45. The molecule has 3 rings (SSSR count). The van der Waals surface area contributed by atoms with Crippen molar-refractivity contribution in [1.29, 1.82) is 0 Å². The maximum Gasteiger partial charge on any atom is 0.284 e. The lowest BCUT2D eigenvalue weighted by molar-refractivity contribution is 0.0985. The number of aromatic nitrogens is 2. The van der Waals surface area contributed by atoms with Crippen LogP contribution < -0.4 is 11.3 Å². The average Bonchev–Trinajstić information content (AvgIpc) is 2.94. The van der Waals surface area contributed by atoms with Crippen LogP contribution in [-0.4, -0.2) is 15.5 Å². The molecule has 112 valence electrons. The van der Waals surface area contributed by atoms with Gasteiger partial charge in [-0.05, 0) is 18.1 Å². The van der Waals surface area contributed by atoms with E-state index in [2.05, 4.69) is 4.98 Å². The van der Waals surface area contributed by atoms with Crippen LogP contribution in [0.25, 0.3) is 10.2 Å². The van der Waals surface area contributed by atoms with Crippen molar-refractivity contribution in [3.63, 3.8) is 0 Å². The Bertz CT molecular complexity index is 897. The van der Waals surface area contributed by atoms with E-state index >= 15 is 0 Å². The standard InChI is InChI=1S/C16H15N3O2S/c1-2-11-8-12-15(22-11)18-14(13(17)20)19(16(12)21)9-10-6-4-3-5-7-10/h3-8H,2,9H2,1H3,(H2,17,20). The topological polar surface area (TPSA) is 78.0 Å². The van der Waals surface area contributed by atoms with Crippen LogP contribution in [0.5, 0.6) is 0 Å². The van der Waals surface area contributed by atoms with Crippen LogP contribution >= 0.6 is 11.3 Å². The first-order valence-electron chi connectivity index (χ1n) is 6.97. The summed E-state index contributed by atoms with van der Waals surface area (Å²) in [5, 5.41) is 0.544. The summed E-state index contributed by atoms with van der Waals surface area (Å²) in [6.07, 6.45) is 0.824. The third-order valence-corrected chi connectivity index (χ3v) is 4.63. The molecule has 6 heteroatoms.